The second kappa shape index (κ2) is 60.3. The van der Waals surface area contributed by atoms with Crippen molar-refractivity contribution < 1.29 is 80.2 Å². The lowest BCUT2D eigenvalue weighted by Gasteiger charge is -2.21. The molecule has 0 rings (SSSR count). The van der Waals surface area contributed by atoms with Crippen LogP contribution in [0.5, 0.6) is 0 Å². The molecule has 0 aliphatic heterocycles. The molecule has 17 nitrogen and oxygen atoms in total. The fourth-order valence-corrected chi connectivity index (χ4v) is 11.8. The van der Waals surface area contributed by atoms with Gasteiger partial charge in [-0.2, -0.15) is 0 Å². The molecule has 0 spiro atoms. The first-order valence-electron chi connectivity index (χ1n) is 35.6. The highest BCUT2D eigenvalue weighted by Gasteiger charge is 2.30. The predicted molar refractivity (Wildman–Crippen MR) is 349 cm³/mol. The number of carbonyl (C=O) groups is 4. The molecule has 0 aromatic carbocycles. The molecular formula is C68H132O17P2. The largest absolute Gasteiger partial charge is 0.472 e. The first-order chi connectivity index (χ1) is 41.9. The average molecular weight is 1280 g/mol. The Hall–Kier alpha value is -1.94. The summed E-state index contributed by atoms with van der Waals surface area (Å²) in [6.07, 6.45) is 44.6. The van der Waals surface area contributed by atoms with E-state index in [4.69, 9.17) is 37.0 Å². The molecule has 0 aliphatic carbocycles. The lowest BCUT2D eigenvalue weighted by molar-refractivity contribution is -0.161. The fraction of sp³-hybridized carbons (Fsp3) is 0.941. The van der Waals surface area contributed by atoms with Crippen LogP contribution in [0.15, 0.2) is 0 Å². The minimum atomic E-state index is -4.95. The Balaban J connectivity index is 5.16. The van der Waals surface area contributed by atoms with E-state index in [1.165, 1.54) is 154 Å². The predicted octanol–water partition coefficient (Wildman–Crippen LogP) is 19.2. The third kappa shape index (κ3) is 60.1. The molecular weight excluding hydrogens is 1150 g/mol. The SMILES string of the molecule is CCCCCCCCCCCCCCC(=O)O[C@H](COC(=O)CCCCCCC)COP(=O)(O)OC[C@H](O)COP(=O)(O)OC[C@@H](COC(=O)CCCCCCCCCCC(C)CC)OC(=O)CCCCCCCCCCCCCCCCC(C)CC. The number of unbranched alkanes of at least 4 members (excludes halogenated alkanes) is 35. The maximum Gasteiger partial charge on any atom is 0.472 e. The first-order valence-corrected chi connectivity index (χ1v) is 38.6. The molecule has 0 bridgehead atoms. The van der Waals surface area contributed by atoms with Crippen LogP contribution in [0, 0.1) is 11.8 Å². The van der Waals surface area contributed by atoms with Gasteiger partial charge < -0.3 is 33.8 Å². The maximum atomic E-state index is 13.0. The topological polar surface area (TPSA) is 237 Å². The number of hydrogen-bond acceptors (Lipinski definition) is 15. The number of phosphoric ester groups is 2. The van der Waals surface area contributed by atoms with Crippen LogP contribution in [0.1, 0.15) is 343 Å². The molecule has 516 valence electrons. The van der Waals surface area contributed by atoms with E-state index < -0.39 is 97.5 Å². The third-order valence-electron chi connectivity index (χ3n) is 16.4. The van der Waals surface area contributed by atoms with Gasteiger partial charge in [0.15, 0.2) is 12.2 Å². The van der Waals surface area contributed by atoms with E-state index in [0.717, 1.165) is 108 Å². The normalized spacial score (nSPS) is 14.8. The van der Waals surface area contributed by atoms with Gasteiger partial charge in [-0.05, 0) is 37.5 Å². The Morgan fingerprint density at radius 3 is 0.816 bits per heavy atom. The number of esters is 4. The second-order valence-electron chi connectivity index (χ2n) is 25.0. The maximum absolute atomic E-state index is 13.0. The van der Waals surface area contributed by atoms with Crippen molar-refractivity contribution in [3.8, 4) is 0 Å². The summed E-state index contributed by atoms with van der Waals surface area (Å²) >= 11 is 0. The summed E-state index contributed by atoms with van der Waals surface area (Å²) < 4.78 is 68.0. The molecule has 0 saturated carbocycles. The summed E-state index contributed by atoms with van der Waals surface area (Å²) in [5.41, 5.74) is 0. The molecule has 0 radical (unpaired) electrons. The van der Waals surface area contributed by atoms with Crippen LogP contribution in [0.25, 0.3) is 0 Å². The Labute approximate surface area is 530 Å². The summed E-state index contributed by atoms with van der Waals surface area (Å²) in [6.45, 7) is 9.50. The van der Waals surface area contributed by atoms with E-state index in [0.29, 0.717) is 25.7 Å². The molecule has 7 atom stereocenters. The summed E-state index contributed by atoms with van der Waals surface area (Å²) in [4.78, 5) is 72.2. The fourth-order valence-electron chi connectivity index (χ4n) is 10.2. The number of ether oxygens (including phenoxy) is 4. The van der Waals surface area contributed by atoms with E-state index in [1.54, 1.807) is 0 Å². The molecule has 0 saturated heterocycles. The van der Waals surface area contributed by atoms with Gasteiger partial charge >= 0.3 is 39.5 Å². The van der Waals surface area contributed by atoms with Gasteiger partial charge in [0.25, 0.3) is 0 Å². The molecule has 0 aromatic rings. The number of aliphatic hydroxyl groups is 1. The van der Waals surface area contributed by atoms with Crippen molar-refractivity contribution in [1.82, 2.24) is 0 Å². The smallest absolute Gasteiger partial charge is 0.462 e. The standard InChI is InChI=1S/C68H132O17P2/c1-7-11-13-15-16-17-18-24-27-34-40-46-52-67(72)84-63(56-78-65(70)50-44-36-14-12-8-2)58-82-86(74,75)80-54-62(69)55-81-87(76,77)83-59-64(57-79-66(71)51-45-39-33-30-29-32-38-43-49-61(6)10-4)85-68(73)53-47-41-35-28-25-22-20-19-21-23-26-31-37-42-48-60(5)9-3/h60-64,69H,7-59H2,1-6H3,(H,74,75)(H,76,77)/t60?,61?,62-,63+,64+/m0/s1. The molecule has 0 fully saturated rings. The highest BCUT2D eigenvalue weighted by molar-refractivity contribution is 7.47. The van der Waals surface area contributed by atoms with Gasteiger partial charge in [-0.15, -0.1) is 0 Å². The summed E-state index contributed by atoms with van der Waals surface area (Å²) in [5, 5.41) is 10.5. The molecule has 0 amide bonds. The zero-order chi connectivity index (χ0) is 64.3. The van der Waals surface area contributed by atoms with Crippen molar-refractivity contribution in [1.29, 1.82) is 0 Å². The van der Waals surface area contributed by atoms with E-state index >= 15 is 0 Å². The van der Waals surface area contributed by atoms with Crippen LogP contribution in [0.4, 0.5) is 0 Å². The molecule has 0 heterocycles. The van der Waals surface area contributed by atoms with Crippen molar-refractivity contribution >= 4 is 39.5 Å². The van der Waals surface area contributed by atoms with Crippen LogP contribution in [0.3, 0.4) is 0 Å². The van der Waals surface area contributed by atoms with Crippen molar-refractivity contribution in [2.24, 2.45) is 11.8 Å². The second-order valence-corrected chi connectivity index (χ2v) is 28.0. The van der Waals surface area contributed by atoms with E-state index in [1.807, 2.05) is 0 Å². The van der Waals surface area contributed by atoms with Gasteiger partial charge in [-0.25, -0.2) is 9.13 Å². The van der Waals surface area contributed by atoms with Gasteiger partial charge in [0.2, 0.25) is 0 Å². The Morgan fingerprint density at radius 2 is 0.552 bits per heavy atom. The van der Waals surface area contributed by atoms with Crippen molar-refractivity contribution in [2.45, 2.75) is 362 Å². The van der Waals surface area contributed by atoms with Crippen LogP contribution in [0.2, 0.25) is 0 Å². The average Bonchev–Trinajstić information content (AvgIpc) is 3.71. The summed E-state index contributed by atoms with van der Waals surface area (Å²) in [7, 11) is -9.89. The number of rotatable bonds is 67. The zero-order valence-corrected chi connectivity index (χ0v) is 58.1. The lowest BCUT2D eigenvalue weighted by atomic mass is 9.99. The van der Waals surface area contributed by atoms with Gasteiger partial charge in [0.05, 0.1) is 26.4 Å². The highest BCUT2D eigenvalue weighted by Crippen LogP contribution is 2.45. The number of hydrogen-bond donors (Lipinski definition) is 3. The van der Waals surface area contributed by atoms with Crippen LogP contribution in [-0.2, 0) is 65.4 Å². The van der Waals surface area contributed by atoms with Crippen molar-refractivity contribution in [3.05, 3.63) is 0 Å². The van der Waals surface area contributed by atoms with Gasteiger partial charge in [0, 0.05) is 25.7 Å². The molecule has 87 heavy (non-hydrogen) atoms. The highest BCUT2D eigenvalue weighted by atomic mass is 31.2. The van der Waals surface area contributed by atoms with Gasteiger partial charge in [0.1, 0.15) is 19.3 Å². The molecule has 3 N–H and O–H groups in total. The third-order valence-corrected chi connectivity index (χ3v) is 18.3. The van der Waals surface area contributed by atoms with E-state index in [9.17, 15) is 43.2 Å². The molecule has 4 unspecified atom stereocenters. The monoisotopic (exact) mass is 1280 g/mol. The van der Waals surface area contributed by atoms with Gasteiger partial charge in [-0.3, -0.25) is 37.3 Å². The quantitative estimate of drug-likeness (QED) is 0.0222. The van der Waals surface area contributed by atoms with E-state index in [-0.39, 0.29) is 25.7 Å². The summed E-state index contributed by atoms with van der Waals surface area (Å²) in [5.74, 6) is -0.514. The molecule has 19 heteroatoms. The van der Waals surface area contributed by atoms with Crippen LogP contribution < -0.4 is 0 Å². The van der Waals surface area contributed by atoms with E-state index in [2.05, 4.69) is 41.5 Å². The number of phosphoric acid groups is 2. The van der Waals surface area contributed by atoms with Crippen molar-refractivity contribution in [2.75, 3.05) is 39.6 Å². The number of aliphatic hydroxyl groups excluding tert-OH is 1. The minimum Gasteiger partial charge on any atom is -0.462 e. The van der Waals surface area contributed by atoms with Gasteiger partial charge in [-0.1, -0.05) is 292 Å². The first kappa shape index (κ1) is 85.1. The minimum absolute atomic E-state index is 0.106. The number of carbonyl (C=O) groups excluding carboxylic acids is 4. The van der Waals surface area contributed by atoms with Crippen molar-refractivity contribution in [3.63, 3.8) is 0 Å². The Bertz CT molecular complexity index is 1700. The Kier molecular flexibility index (Phi) is 59.0. The lowest BCUT2D eigenvalue weighted by Crippen LogP contribution is -2.30. The molecule has 0 aromatic heterocycles. The zero-order valence-electron chi connectivity index (χ0n) is 56.3. The Morgan fingerprint density at radius 1 is 0.322 bits per heavy atom. The summed E-state index contributed by atoms with van der Waals surface area (Å²) in [6, 6.07) is 0. The van der Waals surface area contributed by atoms with Crippen LogP contribution >= 0.6 is 15.6 Å². The van der Waals surface area contributed by atoms with Crippen LogP contribution in [-0.4, -0.2) is 96.7 Å². The molecule has 0 aliphatic rings.